The minimum Gasteiger partial charge on any atom is -0.348 e. The standard InChI is InChI=1S/C21H20N4O2/c1-15(26)24-18-8-5-9-19(13-18)25-20-12-17(10-11-22-20)21(27)23-14-16-6-3-2-4-7-16/h2-13H,14H2,1H3,(H,22,25)(H,23,27)(H,24,26). The summed E-state index contributed by atoms with van der Waals surface area (Å²) in [5.74, 6) is 0.237. The van der Waals surface area contributed by atoms with Gasteiger partial charge >= 0.3 is 0 Å². The molecule has 1 heterocycles. The van der Waals surface area contributed by atoms with Crippen LogP contribution in [0.25, 0.3) is 0 Å². The summed E-state index contributed by atoms with van der Waals surface area (Å²) in [6, 6.07) is 20.4. The first-order chi connectivity index (χ1) is 13.1. The van der Waals surface area contributed by atoms with E-state index < -0.39 is 0 Å². The number of hydrogen-bond donors (Lipinski definition) is 3. The van der Waals surface area contributed by atoms with Gasteiger partial charge in [-0.05, 0) is 35.9 Å². The van der Waals surface area contributed by atoms with Crippen molar-refractivity contribution >= 4 is 29.0 Å². The second-order valence-electron chi connectivity index (χ2n) is 5.99. The smallest absolute Gasteiger partial charge is 0.251 e. The van der Waals surface area contributed by atoms with Crippen LogP contribution in [-0.4, -0.2) is 16.8 Å². The SMILES string of the molecule is CC(=O)Nc1cccc(Nc2cc(C(=O)NCc3ccccc3)ccn2)c1. The molecule has 136 valence electrons. The zero-order chi connectivity index (χ0) is 19.1. The van der Waals surface area contributed by atoms with Crippen LogP contribution in [0.3, 0.4) is 0 Å². The predicted molar refractivity (Wildman–Crippen MR) is 106 cm³/mol. The summed E-state index contributed by atoms with van der Waals surface area (Å²) in [7, 11) is 0. The molecule has 6 nitrogen and oxygen atoms in total. The normalized spacial score (nSPS) is 10.1. The number of carbonyl (C=O) groups excluding carboxylic acids is 2. The van der Waals surface area contributed by atoms with Gasteiger partial charge in [0.15, 0.2) is 0 Å². The van der Waals surface area contributed by atoms with Crippen molar-refractivity contribution in [2.45, 2.75) is 13.5 Å². The van der Waals surface area contributed by atoms with Gasteiger partial charge < -0.3 is 16.0 Å². The highest BCUT2D eigenvalue weighted by molar-refractivity contribution is 5.95. The third-order valence-corrected chi connectivity index (χ3v) is 3.77. The van der Waals surface area contributed by atoms with Crippen LogP contribution in [0.15, 0.2) is 72.9 Å². The Hall–Kier alpha value is -3.67. The number of benzene rings is 2. The van der Waals surface area contributed by atoms with Crippen LogP contribution < -0.4 is 16.0 Å². The zero-order valence-electron chi connectivity index (χ0n) is 14.9. The van der Waals surface area contributed by atoms with Gasteiger partial charge in [0, 0.05) is 36.6 Å². The minimum atomic E-state index is -0.170. The Bertz CT molecular complexity index is 942. The van der Waals surface area contributed by atoms with Crippen LogP contribution in [0.5, 0.6) is 0 Å². The zero-order valence-corrected chi connectivity index (χ0v) is 14.9. The Kier molecular flexibility index (Phi) is 5.79. The molecule has 0 aliphatic carbocycles. The molecule has 0 saturated carbocycles. The molecule has 0 bridgehead atoms. The van der Waals surface area contributed by atoms with E-state index >= 15 is 0 Å². The first-order valence-corrected chi connectivity index (χ1v) is 8.53. The first kappa shape index (κ1) is 18.1. The fourth-order valence-corrected chi connectivity index (χ4v) is 2.55. The number of nitrogens with one attached hydrogen (secondary N) is 3. The summed E-state index contributed by atoms with van der Waals surface area (Å²) >= 11 is 0. The maximum absolute atomic E-state index is 12.4. The third-order valence-electron chi connectivity index (χ3n) is 3.77. The number of rotatable bonds is 6. The van der Waals surface area contributed by atoms with Gasteiger partial charge in [-0.3, -0.25) is 9.59 Å². The minimum absolute atomic E-state index is 0.137. The van der Waals surface area contributed by atoms with Crippen LogP contribution in [0.4, 0.5) is 17.2 Å². The number of pyridine rings is 1. The van der Waals surface area contributed by atoms with Crippen molar-refractivity contribution in [1.82, 2.24) is 10.3 Å². The Morgan fingerprint density at radius 3 is 2.48 bits per heavy atom. The molecule has 0 spiro atoms. The van der Waals surface area contributed by atoms with Crippen molar-refractivity contribution in [2.24, 2.45) is 0 Å². The lowest BCUT2D eigenvalue weighted by Crippen LogP contribution is -2.22. The summed E-state index contributed by atoms with van der Waals surface area (Å²) in [5.41, 5.74) is 2.99. The average molecular weight is 360 g/mol. The fraction of sp³-hybridized carbons (Fsp3) is 0.0952. The molecule has 3 N–H and O–H groups in total. The van der Waals surface area contributed by atoms with E-state index in [4.69, 9.17) is 0 Å². The molecular formula is C21H20N4O2. The van der Waals surface area contributed by atoms with E-state index in [-0.39, 0.29) is 11.8 Å². The molecule has 1 aromatic heterocycles. The number of amides is 2. The van der Waals surface area contributed by atoms with Crippen molar-refractivity contribution in [3.8, 4) is 0 Å². The monoisotopic (exact) mass is 360 g/mol. The highest BCUT2D eigenvalue weighted by Crippen LogP contribution is 2.19. The van der Waals surface area contributed by atoms with Crippen LogP contribution in [0.2, 0.25) is 0 Å². The second-order valence-corrected chi connectivity index (χ2v) is 5.99. The quantitative estimate of drug-likeness (QED) is 0.626. The van der Waals surface area contributed by atoms with Crippen molar-refractivity contribution in [3.05, 3.63) is 84.1 Å². The lowest BCUT2D eigenvalue weighted by Gasteiger charge is -2.10. The van der Waals surface area contributed by atoms with E-state index in [0.29, 0.717) is 23.6 Å². The van der Waals surface area contributed by atoms with Gasteiger partial charge in [-0.2, -0.15) is 0 Å². The lowest BCUT2D eigenvalue weighted by molar-refractivity contribution is -0.114. The van der Waals surface area contributed by atoms with Gasteiger partial charge in [-0.25, -0.2) is 4.98 Å². The van der Waals surface area contributed by atoms with E-state index in [1.54, 1.807) is 30.5 Å². The molecule has 0 saturated heterocycles. The molecule has 27 heavy (non-hydrogen) atoms. The molecule has 0 radical (unpaired) electrons. The first-order valence-electron chi connectivity index (χ1n) is 8.53. The molecule has 2 amide bonds. The van der Waals surface area contributed by atoms with Crippen LogP contribution in [-0.2, 0) is 11.3 Å². The summed E-state index contributed by atoms with van der Waals surface area (Å²) < 4.78 is 0. The highest BCUT2D eigenvalue weighted by Gasteiger charge is 2.07. The Labute approximate surface area is 157 Å². The van der Waals surface area contributed by atoms with Gasteiger partial charge in [-0.1, -0.05) is 36.4 Å². The Morgan fingerprint density at radius 2 is 1.70 bits per heavy atom. The lowest BCUT2D eigenvalue weighted by atomic mass is 10.2. The van der Waals surface area contributed by atoms with Gasteiger partial charge in [0.25, 0.3) is 5.91 Å². The molecule has 0 aliphatic heterocycles. The van der Waals surface area contributed by atoms with E-state index in [9.17, 15) is 9.59 Å². The highest BCUT2D eigenvalue weighted by atomic mass is 16.2. The van der Waals surface area contributed by atoms with E-state index in [1.165, 1.54) is 6.92 Å². The molecule has 3 aromatic rings. The van der Waals surface area contributed by atoms with Crippen LogP contribution in [0, 0.1) is 0 Å². The van der Waals surface area contributed by atoms with Crippen molar-refractivity contribution in [1.29, 1.82) is 0 Å². The van der Waals surface area contributed by atoms with Gasteiger partial charge in [0.05, 0.1) is 0 Å². The maximum Gasteiger partial charge on any atom is 0.251 e. The number of nitrogens with zero attached hydrogens (tertiary/aromatic N) is 1. The average Bonchev–Trinajstić information content (AvgIpc) is 2.67. The molecular weight excluding hydrogens is 340 g/mol. The Balaban J connectivity index is 1.66. The van der Waals surface area contributed by atoms with Crippen molar-refractivity contribution in [3.63, 3.8) is 0 Å². The van der Waals surface area contributed by atoms with Crippen molar-refractivity contribution in [2.75, 3.05) is 10.6 Å². The van der Waals surface area contributed by atoms with E-state index in [2.05, 4.69) is 20.9 Å². The van der Waals surface area contributed by atoms with Gasteiger partial charge in [-0.15, -0.1) is 0 Å². The summed E-state index contributed by atoms with van der Waals surface area (Å²) in [4.78, 5) is 27.8. The fourth-order valence-electron chi connectivity index (χ4n) is 2.55. The number of anilines is 3. The number of aromatic nitrogens is 1. The third kappa shape index (κ3) is 5.40. The summed E-state index contributed by atoms with van der Waals surface area (Å²) in [5, 5.41) is 8.77. The van der Waals surface area contributed by atoms with Crippen LogP contribution in [0.1, 0.15) is 22.8 Å². The van der Waals surface area contributed by atoms with E-state index in [1.807, 2.05) is 42.5 Å². The molecule has 0 unspecified atom stereocenters. The summed E-state index contributed by atoms with van der Waals surface area (Å²) in [6.07, 6.45) is 1.58. The largest absolute Gasteiger partial charge is 0.348 e. The second kappa shape index (κ2) is 8.62. The number of carbonyl (C=O) groups is 2. The predicted octanol–water partition coefficient (Wildman–Crippen LogP) is 3.71. The molecule has 6 heteroatoms. The number of hydrogen-bond acceptors (Lipinski definition) is 4. The van der Waals surface area contributed by atoms with Gasteiger partial charge in [0.1, 0.15) is 5.82 Å². The summed E-state index contributed by atoms with van der Waals surface area (Å²) in [6.45, 7) is 1.92. The molecule has 3 rings (SSSR count). The molecule has 0 atom stereocenters. The van der Waals surface area contributed by atoms with E-state index in [0.717, 1.165) is 11.3 Å². The maximum atomic E-state index is 12.4. The molecule has 0 fully saturated rings. The molecule has 0 aliphatic rings. The molecule has 2 aromatic carbocycles. The van der Waals surface area contributed by atoms with Crippen LogP contribution >= 0.6 is 0 Å². The van der Waals surface area contributed by atoms with Gasteiger partial charge in [0.2, 0.25) is 5.91 Å². The van der Waals surface area contributed by atoms with Crippen molar-refractivity contribution < 1.29 is 9.59 Å². The Morgan fingerprint density at radius 1 is 0.926 bits per heavy atom. The topological polar surface area (TPSA) is 83.1 Å².